The second kappa shape index (κ2) is 10.7. The molecule has 2 heteroatoms. The van der Waals surface area contributed by atoms with E-state index in [4.69, 9.17) is 0 Å². The summed E-state index contributed by atoms with van der Waals surface area (Å²) in [6.45, 7) is 11.9. The van der Waals surface area contributed by atoms with Gasteiger partial charge in [0.15, 0.2) is 0 Å². The average molecular weight is 268 g/mol. The van der Waals surface area contributed by atoms with E-state index >= 15 is 0 Å². The molecular weight excluding hydrogens is 232 g/mol. The molecule has 1 N–H and O–H groups in total. The Morgan fingerprint density at radius 2 is 1.79 bits per heavy atom. The molecular formula is C17H36N2. The molecule has 114 valence electrons. The summed E-state index contributed by atoms with van der Waals surface area (Å²) in [5.41, 5.74) is 0. The van der Waals surface area contributed by atoms with Gasteiger partial charge in [0.1, 0.15) is 0 Å². The molecule has 2 nitrogen and oxygen atoms in total. The number of rotatable bonds is 11. The molecule has 0 radical (unpaired) electrons. The summed E-state index contributed by atoms with van der Waals surface area (Å²) in [6, 6.07) is 0.910. The van der Waals surface area contributed by atoms with E-state index in [1.54, 1.807) is 0 Å². The molecule has 0 aliphatic heterocycles. The van der Waals surface area contributed by atoms with Crippen LogP contribution in [0.4, 0.5) is 0 Å². The highest BCUT2D eigenvalue weighted by atomic mass is 15.2. The second-order valence-electron chi connectivity index (χ2n) is 6.57. The minimum Gasteiger partial charge on any atom is -0.317 e. The Labute approximate surface area is 121 Å². The topological polar surface area (TPSA) is 15.3 Å². The molecule has 1 rings (SSSR count). The molecule has 0 bridgehead atoms. The quantitative estimate of drug-likeness (QED) is 0.569. The van der Waals surface area contributed by atoms with Crippen LogP contribution in [-0.4, -0.2) is 37.1 Å². The van der Waals surface area contributed by atoms with Crippen LogP contribution in [0.15, 0.2) is 0 Å². The first kappa shape index (κ1) is 17.0. The van der Waals surface area contributed by atoms with E-state index in [0.29, 0.717) is 0 Å². The van der Waals surface area contributed by atoms with Crippen molar-refractivity contribution in [1.29, 1.82) is 0 Å². The predicted octanol–water partition coefficient (Wildman–Crippen LogP) is 4.06. The molecule has 1 aliphatic carbocycles. The van der Waals surface area contributed by atoms with Gasteiger partial charge in [0.25, 0.3) is 0 Å². The second-order valence-corrected chi connectivity index (χ2v) is 6.57. The fourth-order valence-corrected chi connectivity index (χ4v) is 3.09. The Hall–Kier alpha value is -0.0800. The number of hydrogen-bond acceptors (Lipinski definition) is 2. The summed E-state index contributed by atoms with van der Waals surface area (Å²) in [5.74, 6) is 0.845. The van der Waals surface area contributed by atoms with Crippen molar-refractivity contribution in [1.82, 2.24) is 10.2 Å². The van der Waals surface area contributed by atoms with Crippen molar-refractivity contribution < 1.29 is 0 Å². The molecule has 0 unspecified atom stereocenters. The van der Waals surface area contributed by atoms with Gasteiger partial charge in [0.2, 0.25) is 0 Å². The van der Waals surface area contributed by atoms with E-state index in [0.717, 1.165) is 18.5 Å². The Morgan fingerprint density at radius 3 is 2.42 bits per heavy atom. The van der Waals surface area contributed by atoms with Gasteiger partial charge in [0.05, 0.1) is 0 Å². The van der Waals surface area contributed by atoms with Crippen molar-refractivity contribution in [2.75, 3.05) is 26.2 Å². The summed E-state index contributed by atoms with van der Waals surface area (Å²) in [7, 11) is 0. The maximum absolute atomic E-state index is 3.42. The summed E-state index contributed by atoms with van der Waals surface area (Å²) in [6.07, 6.45) is 11.3. The Morgan fingerprint density at radius 1 is 1.05 bits per heavy atom. The van der Waals surface area contributed by atoms with Crippen LogP contribution in [0.3, 0.4) is 0 Å². The summed E-state index contributed by atoms with van der Waals surface area (Å²) >= 11 is 0. The normalized spacial score (nSPS) is 16.9. The molecule has 1 fully saturated rings. The first-order chi connectivity index (χ1) is 9.24. The van der Waals surface area contributed by atoms with Crippen LogP contribution in [0.2, 0.25) is 0 Å². The third-order valence-corrected chi connectivity index (χ3v) is 4.38. The third kappa shape index (κ3) is 7.94. The third-order valence-electron chi connectivity index (χ3n) is 4.38. The fourth-order valence-electron chi connectivity index (χ4n) is 3.09. The first-order valence-electron chi connectivity index (χ1n) is 8.68. The van der Waals surface area contributed by atoms with E-state index in [2.05, 4.69) is 31.0 Å². The smallest absolute Gasteiger partial charge is 0.00952 e. The Kier molecular flexibility index (Phi) is 9.54. The number of hydrogen-bond donors (Lipinski definition) is 1. The van der Waals surface area contributed by atoms with Gasteiger partial charge in [-0.1, -0.05) is 40.0 Å². The van der Waals surface area contributed by atoms with Crippen molar-refractivity contribution in [2.24, 2.45) is 5.92 Å². The lowest BCUT2D eigenvalue weighted by atomic mass is 10.1. The van der Waals surface area contributed by atoms with E-state index in [9.17, 15) is 0 Å². The van der Waals surface area contributed by atoms with Gasteiger partial charge in [0, 0.05) is 6.04 Å². The Balaban J connectivity index is 2.16. The van der Waals surface area contributed by atoms with Gasteiger partial charge >= 0.3 is 0 Å². The first-order valence-corrected chi connectivity index (χ1v) is 8.68. The van der Waals surface area contributed by atoms with E-state index in [-0.39, 0.29) is 0 Å². The zero-order valence-corrected chi connectivity index (χ0v) is 13.6. The van der Waals surface area contributed by atoms with Crippen molar-refractivity contribution in [3.8, 4) is 0 Å². The summed E-state index contributed by atoms with van der Waals surface area (Å²) in [5, 5.41) is 3.42. The van der Waals surface area contributed by atoms with Crippen molar-refractivity contribution in [2.45, 2.75) is 78.2 Å². The maximum atomic E-state index is 3.42. The van der Waals surface area contributed by atoms with Gasteiger partial charge in [-0.25, -0.2) is 0 Å². The van der Waals surface area contributed by atoms with Crippen LogP contribution in [0.1, 0.15) is 72.1 Å². The molecule has 19 heavy (non-hydrogen) atoms. The van der Waals surface area contributed by atoms with Crippen molar-refractivity contribution in [3.05, 3.63) is 0 Å². The average Bonchev–Trinajstić information content (AvgIpc) is 2.90. The van der Waals surface area contributed by atoms with E-state index in [1.165, 1.54) is 71.0 Å². The maximum Gasteiger partial charge on any atom is 0.00952 e. The SMILES string of the molecule is CCNCCCCCN(CCC(C)C)C1CCCC1. The lowest BCUT2D eigenvalue weighted by Gasteiger charge is -2.29. The molecule has 0 amide bonds. The molecule has 0 saturated heterocycles. The fraction of sp³-hybridized carbons (Fsp3) is 1.00. The predicted molar refractivity (Wildman–Crippen MR) is 85.7 cm³/mol. The molecule has 0 aromatic carbocycles. The molecule has 1 saturated carbocycles. The zero-order chi connectivity index (χ0) is 13.9. The molecule has 0 aromatic heterocycles. The van der Waals surface area contributed by atoms with Gasteiger partial charge in [-0.05, 0) is 64.2 Å². The van der Waals surface area contributed by atoms with Crippen LogP contribution in [0.25, 0.3) is 0 Å². The zero-order valence-electron chi connectivity index (χ0n) is 13.6. The van der Waals surface area contributed by atoms with Crippen LogP contribution in [0.5, 0.6) is 0 Å². The van der Waals surface area contributed by atoms with Gasteiger partial charge < -0.3 is 10.2 Å². The minimum absolute atomic E-state index is 0.845. The standard InChI is InChI=1S/C17H36N2/c1-4-18-13-8-5-9-14-19(15-12-16(2)3)17-10-6-7-11-17/h16-18H,4-15H2,1-3H3. The van der Waals surface area contributed by atoms with Gasteiger partial charge in [-0.15, -0.1) is 0 Å². The summed E-state index contributed by atoms with van der Waals surface area (Å²) in [4.78, 5) is 2.81. The lowest BCUT2D eigenvalue weighted by Crippen LogP contribution is -2.35. The monoisotopic (exact) mass is 268 g/mol. The number of nitrogens with one attached hydrogen (secondary N) is 1. The number of unbranched alkanes of at least 4 members (excludes halogenated alkanes) is 2. The highest BCUT2D eigenvalue weighted by molar-refractivity contribution is 4.77. The highest BCUT2D eigenvalue weighted by Gasteiger charge is 2.21. The molecule has 0 heterocycles. The minimum atomic E-state index is 0.845. The van der Waals surface area contributed by atoms with Crippen LogP contribution < -0.4 is 5.32 Å². The molecule has 0 aromatic rings. The lowest BCUT2D eigenvalue weighted by molar-refractivity contribution is 0.184. The Bertz CT molecular complexity index is 197. The molecule has 1 aliphatic rings. The van der Waals surface area contributed by atoms with Crippen molar-refractivity contribution in [3.63, 3.8) is 0 Å². The van der Waals surface area contributed by atoms with E-state index in [1.807, 2.05) is 0 Å². The van der Waals surface area contributed by atoms with E-state index < -0.39 is 0 Å². The van der Waals surface area contributed by atoms with Crippen LogP contribution in [0, 0.1) is 5.92 Å². The van der Waals surface area contributed by atoms with Crippen LogP contribution >= 0.6 is 0 Å². The summed E-state index contributed by atoms with van der Waals surface area (Å²) < 4.78 is 0. The van der Waals surface area contributed by atoms with Crippen molar-refractivity contribution >= 4 is 0 Å². The van der Waals surface area contributed by atoms with Crippen LogP contribution in [-0.2, 0) is 0 Å². The highest BCUT2D eigenvalue weighted by Crippen LogP contribution is 2.24. The largest absolute Gasteiger partial charge is 0.317 e. The molecule has 0 atom stereocenters. The molecule has 0 spiro atoms. The van der Waals surface area contributed by atoms with Gasteiger partial charge in [-0.3, -0.25) is 0 Å². The van der Waals surface area contributed by atoms with Gasteiger partial charge in [-0.2, -0.15) is 0 Å². The number of nitrogens with zero attached hydrogens (tertiary/aromatic N) is 1.